The number of benzene rings is 2. The van der Waals surface area contributed by atoms with E-state index >= 15 is 0 Å². The molecule has 0 N–H and O–H groups in total. The van der Waals surface area contributed by atoms with Crippen LogP contribution in [0.15, 0.2) is 36.4 Å². The molecule has 2 aromatic carbocycles. The summed E-state index contributed by atoms with van der Waals surface area (Å²) in [7, 11) is 0. The van der Waals surface area contributed by atoms with Crippen molar-refractivity contribution < 1.29 is 0 Å². The summed E-state index contributed by atoms with van der Waals surface area (Å²) >= 11 is 0. The summed E-state index contributed by atoms with van der Waals surface area (Å²) in [6.45, 7) is 6.18. The maximum absolute atomic E-state index is 3.94. The predicted octanol–water partition coefficient (Wildman–Crippen LogP) is 4.95. The van der Waals surface area contributed by atoms with Crippen molar-refractivity contribution in [2.45, 2.75) is 39.0 Å². The Morgan fingerprint density at radius 3 is 2.65 bits per heavy atom. The van der Waals surface area contributed by atoms with E-state index in [1.165, 1.54) is 41.2 Å². The van der Waals surface area contributed by atoms with Crippen molar-refractivity contribution in [2.24, 2.45) is 0 Å². The highest BCUT2D eigenvalue weighted by Gasteiger charge is 2.03. The quantitative estimate of drug-likeness (QED) is 0.675. The first kappa shape index (κ1) is 12.2. The summed E-state index contributed by atoms with van der Waals surface area (Å²) in [6, 6.07) is 13.5. The highest BCUT2D eigenvalue weighted by molar-refractivity contribution is 5.86. The third-order valence-electron chi connectivity index (χ3n) is 3.24. The molecule has 0 amide bonds. The summed E-state index contributed by atoms with van der Waals surface area (Å²) in [5.74, 6) is 0. The summed E-state index contributed by atoms with van der Waals surface area (Å²) in [5.41, 5.74) is 2.97. The van der Waals surface area contributed by atoms with Crippen molar-refractivity contribution in [1.82, 2.24) is 0 Å². The van der Waals surface area contributed by atoms with E-state index in [1.807, 2.05) is 0 Å². The Labute approximate surface area is 105 Å². The van der Waals surface area contributed by atoms with Crippen molar-refractivity contribution >= 4 is 10.8 Å². The van der Waals surface area contributed by atoms with Crippen LogP contribution in [0.25, 0.3) is 10.8 Å². The molecule has 0 nitrogen and oxygen atoms in total. The fraction of sp³-hybridized carbons (Fsp3) is 0.353. The van der Waals surface area contributed by atoms with E-state index in [4.69, 9.17) is 0 Å². The van der Waals surface area contributed by atoms with Gasteiger partial charge in [-0.15, -0.1) is 0 Å². The number of aryl methyl sites for hydroxylation is 2. The van der Waals surface area contributed by atoms with Gasteiger partial charge in [0, 0.05) is 0 Å². The molecular formula is C17H21. The maximum atomic E-state index is 3.94. The minimum atomic E-state index is 1.02. The molecule has 0 unspecified atom stereocenters. The molecule has 2 aromatic rings. The number of hydrogen-bond donors (Lipinski definition) is 0. The first-order valence-corrected chi connectivity index (χ1v) is 6.65. The third-order valence-corrected chi connectivity index (χ3v) is 3.24. The highest BCUT2D eigenvalue weighted by atomic mass is 14.1. The zero-order chi connectivity index (χ0) is 12.1. The van der Waals surface area contributed by atoms with Crippen LogP contribution in [0.1, 0.15) is 37.3 Å². The maximum Gasteiger partial charge on any atom is -0.0152 e. The molecule has 0 spiro atoms. The van der Waals surface area contributed by atoms with Crippen LogP contribution in [0.4, 0.5) is 0 Å². The average Bonchev–Trinajstić information content (AvgIpc) is 2.36. The van der Waals surface area contributed by atoms with Gasteiger partial charge in [0.25, 0.3) is 0 Å². The van der Waals surface area contributed by atoms with Crippen molar-refractivity contribution in [3.63, 3.8) is 0 Å². The zero-order valence-electron chi connectivity index (χ0n) is 10.7. The lowest BCUT2D eigenvalue weighted by Gasteiger charge is -2.09. The van der Waals surface area contributed by atoms with Crippen LogP contribution in [-0.2, 0) is 12.8 Å². The van der Waals surface area contributed by atoms with Gasteiger partial charge in [-0.25, -0.2) is 0 Å². The molecule has 17 heavy (non-hydrogen) atoms. The summed E-state index contributed by atoms with van der Waals surface area (Å²) < 4.78 is 0. The van der Waals surface area contributed by atoms with Gasteiger partial charge >= 0.3 is 0 Å². The Balaban J connectivity index is 2.45. The molecule has 0 saturated heterocycles. The minimum absolute atomic E-state index is 1.02. The molecule has 2 rings (SSSR count). The Hall–Kier alpha value is -1.30. The van der Waals surface area contributed by atoms with Crippen molar-refractivity contribution in [3.05, 3.63) is 54.4 Å². The molecule has 0 saturated carbocycles. The Morgan fingerprint density at radius 1 is 1.06 bits per heavy atom. The molecule has 0 atom stereocenters. The van der Waals surface area contributed by atoms with Crippen LogP contribution in [0.5, 0.6) is 0 Å². The monoisotopic (exact) mass is 225 g/mol. The predicted molar refractivity (Wildman–Crippen MR) is 76.2 cm³/mol. The van der Waals surface area contributed by atoms with Crippen molar-refractivity contribution in [1.29, 1.82) is 0 Å². The van der Waals surface area contributed by atoms with E-state index in [-0.39, 0.29) is 0 Å². The first-order chi connectivity index (χ1) is 8.35. The zero-order valence-corrected chi connectivity index (χ0v) is 10.7. The fourth-order valence-electron chi connectivity index (χ4n) is 2.41. The van der Waals surface area contributed by atoms with Crippen LogP contribution in [0.3, 0.4) is 0 Å². The van der Waals surface area contributed by atoms with Gasteiger partial charge in [0.15, 0.2) is 0 Å². The lowest BCUT2D eigenvalue weighted by molar-refractivity contribution is 0.841. The van der Waals surface area contributed by atoms with Gasteiger partial charge < -0.3 is 0 Å². The Kier molecular flexibility index (Phi) is 4.19. The van der Waals surface area contributed by atoms with Crippen molar-refractivity contribution in [2.75, 3.05) is 0 Å². The number of hydrogen-bond acceptors (Lipinski definition) is 0. The summed E-state index contributed by atoms with van der Waals surface area (Å²) in [6.07, 6.45) is 5.75. The van der Waals surface area contributed by atoms with Crippen LogP contribution >= 0.6 is 0 Å². The molecule has 0 fully saturated rings. The normalized spacial score (nSPS) is 10.9. The second kappa shape index (κ2) is 5.86. The second-order valence-corrected chi connectivity index (χ2v) is 4.68. The van der Waals surface area contributed by atoms with Gasteiger partial charge in [-0.1, -0.05) is 63.1 Å². The smallest absolute Gasteiger partial charge is 0.0152 e. The minimum Gasteiger partial charge on any atom is -0.0651 e. The number of fused-ring (bicyclic) bond motifs is 1. The van der Waals surface area contributed by atoms with Crippen LogP contribution in [-0.4, -0.2) is 0 Å². The molecule has 0 heterocycles. The van der Waals surface area contributed by atoms with Gasteiger partial charge in [0.1, 0.15) is 0 Å². The molecule has 0 aliphatic carbocycles. The van der Waals surface area contributed by atoms with Crippen LogP contribution in [0, 0.1) is 6.92 Å². The van der Waals surface area contributed by atoms with Gasteiger partial charge in [0.2, 0.25) is 0 Å². The van der Waals surface area contributed by atoms with E-state index in [0.717, 1.165) is 12.8 Å². The Bertz CT molecular complexity index is 482. The molecular weight excluding hydrogens is 204 g/mol. The number of unbranched alkanes of at least 4 members (excludes halogenated alkanes) is 1. The van der Waals surface area contributed by atoms with E-state index in [2.05, 4.69) is 50.2 Å². The largest absolute Gasteiger partial charge is 0.0651 e. The fourth-order valence-corrected chi connectivity index (χ4v) is 2.41. The first-order valence-electron chi connectivity index (χ1n) is 6.65. The van der Waals surface area contributed by atoms with Crippen molar-refractivity contribution in [3.8, 4) is 0 Å². The van der Waals surface area contributed by atoms with Gasteiger partial charge in [-0.3, -0.25) is 0 Å². The number of rotatable bonds is 5. The van der Waals surface area contributed by atoms with Crippen LogP contribution in [0.2, 0.25) is 0 Å². The molecule has 0 aliphatic rings. The van der Waals surface area contributed by atoms with E-state index in [0.29, 0.717) is 0 Å². The molecule has 1 radical (unpaired) electrons. The standard InChI is InChI=1S/C17H21/c1-3-5-9-15-12-14(8-4-2)13-16-10-6-7-11-17(15)16/h6-7,10-13H,1,3-5,8-9H2,2H3. The molecule has 0 heteroatoms. The molecule has 0 bridgehead atoms. The molecule has 0 aliphatic heterocycles. The topological polar surface area (TPSA) is 0 Å². The van der Waals surface area contributed by atoms with Gasteiger partial charge in [0.05, 0.1) is 0 Å². The highest BCUT2D eigenvalue weighted by Crippen LogP contribution is 2.23. The third kappa shape index (κ3) is 2.88. The van der Waals surface area contributed by atoms with Gasteiger partial charge in [-0.05, 0) is 41.2 Å². The molecule has 0 aromatic heterocycles. The van der Waals surface area contributed by atoms with E-state index in [9.17, 15) is 0 Å². The lowest BCUT2D eigenvalue weighted by atomic mass is 9.96. The summed E-state index contributed by atoms with van der Waals surface area (Å²) in [5, 5.41) is 2.80. The molecule has 89 valence electrons. The lowest BCUT2D eigenvalue weighted by Crippen LogP contribution is -1.92. The second-order valence-electron chi connectivity index (χ2n) is 4.68. The van der Waals surface area contributed by atoms with Crippen LogP contribution < -0.4 is 0 Å². The van der Waals surface area contributed by atoms with E-state index < -0.39 is 0 Å². The van der Waals surface area contributed by atoms with E-state index in [1.54, 1.807) is 0 Å². The van der Waals surface area contributed by atoms with Gasteiger partial charge in [-0.2, -0.15) is 0 Å². The SMILES string of the molecule is [CH2]CCCc1cc(CCC)cc2ccccc12. The average molecular weight is 225 g/mol. The Morgan fingerprint density at radius 2 is 1.88 bits per heavy atom. The summed E-state index contributed by atoms with van der Waals surface area (Å²) in [4.78, 5) is 0.